The number of phenols is 1. The molecule has 0 aliphatic rings. The Morgan fingerprint density at radius 3 is 2.78 bits per heavy atom. The van der Waals surface area contributed by atoms with E-state index in [-0.39, 0.29) is 24.2 Å². The maximum Gasteiger partial charge on any atom is 0.234 e. The van der Waals surface area contributed by atoms with Gasteiger partial charge >= 0.3 is 0 Å². The van der Waals surface area contributed by atoms with Gasteiger partial charge in [0.2, 0.25) is 5.91 Å². The van der Waals surface area contributed by atoms with Crippen molar-refractivity contribution in [3.05, 3.63) is 29.6 Å². The number of amides is 1. The predicted octanol–water partition coefficient (Wildman–Crippen LogP) is 1.66. The first-order valence-electron chi connectivity index (χ1n) is 5.91. The van der Waals surface area contributed by atoms with Gasteiger partial charge in [0.15, 0.2) is 0 Å². The Balaban J connectivity index is 2.73. The zero-order valence-electron chi connectivity index (χ0n) is 10.9. The molecule has 0 radical (unpaired) electrons. The van der Waals surface area contributed by atoms with Crippen LogP contribution in [0.1, 0.15) is 25.5 Å². The third-order valence-corrected chi connectivity index (χ3v) is 2.87. The van der Waals surface area contributed by atoms with Crippen LogP contribution in [0.4, 0.5) is 4.39 Å². The van der Waals surface area contributed by atoms with Gasteiger partial charge in [-0.05, 0) is 27.0 Å². The second-order valence-electron chi connectivity index (χ2n) is 4.25. The normalized spacial score (nSPS) is 12.5. The number of carbonyl (C=O) groups excluding carboxylic acids is 1. The third kappa shape index (κ3) is 3.70. The summed E-state index contributed by atoms with van der Waals surface area (Å²) >= 11 is 0. The molecule has 5 heteroatoms. The summed E-state index contributed by atoms with van der Waals surface area (Å²) in [6.45, 7) is 4.52. The van der Waals surface area contributed by atoms with Gasteiger partial charge in [-0.25, -0.2) is 4.39 Å². The van der Waals surface area contributed by atoms with Crippen molar-refractivity contribution in [2.75, 3.05) is 20.1 Å². The van der Waals surface area contributed by atoms with Crippen molar-refractivity contribution in [3.63, 3.8) is 0 Å². The van der Waals surface area contributed by atoms with Gasteiger partial charge < -0.3 is 10.4 Å². The number of halogens is 1. The number of rotatable bonds is 5. The monoisotopic (exact) mass is 254 g/mol. The van der Waals surface area contributed by atoms with E-state index in [1.54, 1.807) is 11.9 Å². The topological polar surface area (TPSA) is 52.6 Å². The first-order chi connectivity index (χ1) is 8.45. The van der Waals surface area contributed by atoms with Gasteiger partial charge in [0, 0.05) is 24.2 Å². The van der Waals surface area contributed by atoms with Crippen molar-refractivity contribution < 1.29 is 14.3 Å². The standard InChI is InChI=1S/C13H19FN2O2/c1-4-15-13(18)8-16(3)9(2)11-6-5-10(14)7-12(11)17/h5-7,9,17H,4,8H2,1-3H3,(H,15,18). The van der Waals surface area contributed by atoms with Crippen LogP contribution >= 0.6 is 0 Å². The van der Waals surface area contributed by atoms with Crippen molar-refractivity contribution >= 4 is 5.91 Å². The first-order valence-corrected chi connectivity index (χ1v) is 5.91. The second-order valence-corrected chi connectivity index (χ2v) is 4.25. The molecule has 100 valence electrons. The van der Waals surface area contributed by atoms with Crippen molar-refractivity contribution in [1.29, 1.82) is 0 Å². The molecule has 1 unspecified atom stereocenters. The van der Waals surface area contributed by atoms with Gasteiger partial charge in [0.25, 0.3) is 0 Å². The molecule has 1 rings (SSSR count). The van der Waals surface area contributed by atoms with Crippen LogP contribution in [0.5, 0.6) is 5.75 Å². The molecule has 1 aromatic carbocycles. The lowest BCUT2D eigenvalue weighted by Crippen LogP contribution is -2.36. The van der Waals surface area contributed by atoms with Crippen molar-refractivity contribution in [2.45, 2.75) is 19.9 Å². The minimum Gasteiger partial charge on any atom is -0.508 e. The Morgan fingerprint density at radius 1 is 1.56 bits per heavy atom. The fourth-order valence-electron chi connectivity index (χ4n) is 1.72. The number of nitrogens with one attached hydrogen (secondary N) is 1. The molecule has 0 saturated carbocycles. The number of hydrogen-bond donors (Lipinski definition) is 2. The van der Waals surface area contributed by atoms with Crippen LogP contribution in [0.2, 0.25) is 0 Å². The average molecular weight is 254 g/mol. The van der Waals surface area contributed by atoms with E-state index in [1.165, 1.54) is 12.1 Å². The van der Waals surface area contributed by atoms with Crippen molar-refractivity contribution in [3.8, 4) is 5.75 Å². The Labute approximate surface area is 106 Å². The van der Waals surface area contributed by atoms with Crippen LogP contribution in [0, 0.1) is 5.82 Å². The summed E-state index contributed by atoms with van der Waals surface area (Å²) in [7, 11) is 1.78. The van der Waals surface area contributed by atoms with Gasteiger partial charge in [-0.1, -0.05) is 6.07 Å². The Hall–Kier alpha value is -1.62. The Morgan fingerprint density at radius 2 is 2.22 bits per heavy atom. The molecule has 1 atom stereocenters. The molecular weight excluding hydrogens is 235 g/mol. The summed E-state index contributed by atoms with van der Waals surface area (Å²) < 4.78 is 12.9. The van der Waals surface area contributed by atoms with Crippen LogP contribution in [0.25, 0.3) is 0 Å². The number of hydrogen-bond acceptors (Lipinski definition) is 3. The van der Waals surface area contributed by atoms with E-state index in [0.29, 0.717) is 12.1 Å². The van der Waals surface area contributed by atoms with Crippen LogP contribution in [-0.2, 0) is 4.79 Å². The number of aromatic hydroxyl groups is 1. The number of phenolic OH excluding ortho intramolecular Hbond substituents is 1. The maximum absolute atomic E-state index is 12.9. The zero-order valence-corrected chi connectivity index (χ0v) is 10.9. The number of nitrogens with zero attached hydrogens (tertiary/aromatic N) is 1. The SMILES string of the molecule is CCNC(=O)CN(C)C(C)c1ccc(F)cc1O. The maximum atomic E-state index is 12.9. The summed E-state index contributed by atoms with van der Waals surface area (Å²) in [5.41, 5.74) is 0.600. The quantitative estimate of drug-likeness (QED) is 0.840. The van der Waals surface area contributed by atoms with Crippen LogP contribution in [0.3, 0.4) is 0 Å². The molecule has 1 amide bonds. The number of carbonyl (C=O) groups is 1. The second kappa shape index (κ2) is 6.35. The summed E-state index contributed by atoms with van der Waals surface area (Å²) in [5.74, 6) is -0.645. The van der Waals surface area contributed by atoms with Crippen LogP contribution < -0.4 is 5.32 Å². The molecule has 2 N–H and O–H groups in total. The molecule has 0 saturated heterocycles. The molecule has 0 fully saturated rings. The highest BCUT2D eigenvalue weighted by molar-refractivity contribution is 5.77. The molecule has 1 aromatic rings. The van der Waals surface area contributed by atoms with Gasteiger partial charge in [-0.3, -0.25) is 9.69 Å². The summed E-state index contributed by atoms with van der Waals surface area (Å²) in [4.78, 5) is 13.2. The molecule has 0 aromatic heterocycles. The lowest BCUT2D eigenvalue weighted by Gasteiger charge is -2.25. The molecular formula is C13H19FN2O2. The zero-order chi connectivity index (χ0) is 13.7. The van der Waals surface area contributed by atoms with Gasteiger partial charge in [0.1, 0.15) is 11.6 Å². The molecule has 0 spiro atoms. The van der Waals surface area contributed by atoms with E-state index < -0.39 is 5.82 Å². The summed E-state index contributed by atoms with van der Waals surface area (Å²) in [5, 5.41) is 12.4. The third-order valence-electron chi connectivity index (χ3n) is 2.87. The van der Waals surface area contributed by atoms with E-state index in [0.717, 1.165) is 6.07 Å². The van der Waals surface area contributed by atoms with E-state index in [2.05, 4.69) is 5.32 Å². The van der Waals surface area contributed by atoms with Gasteiger partial charge in [-0.15, -0.1) is 0 Å². The van der Waals surface area contributed by atoms with Gasteiger partial charge in [0.05, 0.1) is 6.54 Å². The molecule has 0 bridgehead atoms. The first kappa shape index (κ1) is 14.4. The number of likely N-dealkylation sites (N-methyl/N-ethyl adjacent to an activating group) is 2. The lowest BCUT2D eigenvalue weighted by molar-refractivity contribution is -0.122. The van der Waals surface area contributed by atoms with Gasteiger partial charge in [-0.2, -0.15) is 0 Å². The summed E-state index contributed by atoms with van der Waals surface area (Å²) in [6, 6.07) is 3.73. The summed E-state index contributed by atoms with van der Waals surface area (Å²) in [6.07, 6.45) is 0. The van der Waals surface area contributed by atoms with Crippen LogP contribution in [-0.4, -0.2) is 36.1 Å². The Bertz CT molecular complexity index is 423. The molecule has 4 nitrogen and oxygen atoms in total. The molecule has 18 heavy (non-hydrogen) atoms. The van der Waals surface area contributed by atoms with E-state index in [9.17, 15) is 14.3 Å². The molecule has 0 aliphatic heterocycles. The smallest absolute Gasteiger partial charge is 0.234 e. The minimum absolute atomic E-state index is 0.0755. The molecule has 0 aliphatic carbocycles. The fraction of sp³-hybridized carbons (Fsp3) is 0.462. The van der Waals surface area contributed by atoms with E-state index in [4.69, 9.17) is 0 Å². The molecule has 0 heterocycles. The Kier molecular flexibility index (Phi) is 5.09. The minimum atomic E-state index is -0.477. The predicted molar refractivity (Wildman–Crippen MR) is 67.8 cm³/mol. The van der Waals surface area contributed by atoms with E-state index in [1.807, 2.05) is 13.8 Å². The lowest BCUT2D eigenvalue weighted by atomic mass is 10.1. The number of benzene rings is 1. The largest absolute Gasteiger partial charge is 0.508 e. The van der Waals surface area contributed by atoms with Crippen molar-refractivity contribution in [2.24, 2.45) is 0 Å². The van der Waals surface area contributed by atoms with Crippen molar-refractivity contribution in [1.82, 2.24) is 10.2 Å². The highest BCUT2D eigenvalue weighted by Crippen LogP contribution is 2.27. The highest BCUT2D eigenvalue weighted by atomic mass is 19.1. The average Bonchev–Trinajstić information content (AvgIpc) is 2.28. The van der Waals surface area contributed by atoms with E-state index >= 15 is 0 Å². The fourth-order valence-corrected chi connectivity index (χ4v) is 1.72. The highest BCUT2D eigenvalue weighted by Gasteiger charge is 2.17. The van der Waals surface area contributed by atoms with Crippen LogP contribution in [0.15, 0.2) is 18.2 Å².